The molecule has 1 heterocycles. The van der Waals surface area contributed by atoms with E-state index in [0.29, 0.717) is 22.8 Å². The molecule has 4 aromatic carbocycles. The lowest BCUT2D eigenvalue weighted by Gasteiger charge is -2.15. The van der Waals surface area contributed by atoms with E-state index in [4.69, 9.17) is 16.3 Å². The molecule has 3 amide bonds. The summed E-state index contributed by atoms with van der Waals surface area (Å²) in [7, 11) is 1.61. The lowest BCUT2D eigenvalue weighted by molar-refractivity contribution is -0.116. The Hall–Kier alpha value is -4.97. The average Bonchev–Trinajstić information content (AvgIpc) is 3.57. The minimum absolute atomic E-state index is 0.0462. The molecule has 5 aromatic rings. The van der Waals surface area contributed by atoms with Gasteiger partial charge in [0.2, 0.25) is 5.91 Å². The summed E-state index contributed by atoms with van der Waals surface area (Å²) in [6.45, 7) is 1.91. The topological polar surface area (TPSA) is 109 Å². The second-order valence-electron chi connectivity index (χ2n) is 10.3. The molecular weight excluding hydrogens is 671 g/mol. The van der Waals surface area contributed by atoms with Gasteiger partial charge < -0.3 is 20.7 Å². The fourth-order valence-electron chi connectivity index (χ4n) is 4.48. The van der Waals surface area contributed by atoms with Crippen LogP contribution in [-0.4, -0.2) is 35.1 Å². The Balaban J connectivity index is 1.29. The highest BCUT2D eigenvalue weighted by molar-refractivity contribution is 8.00. The van der Waals surface area contributed by atoms with Crippen molar-refractivity contribution in [2.75, 3.05) is 17.7 Å². The first-order chi connectivity index (χ1) is 23.2. The van der Waals surface area contributed by atoms with Gasteiger partial charge >= 0.3 is 0 Å². The van der Waals surface area contributed by atoms with Crippen molar-refractivity contribution in [2.45, 2.75) is 23.5 Å². The maximum atomic E-state index is 14.7. The van der Waals surface area contributed by atoms with Gasteiger partial charge in [0.15, 0.2) is 5.13 Å². The van der Waals surface area contributed by atoms with Gasteiger partial charge in [0.1, 0.15) is 17.3 Å². The summed E-state index contributed by atoms with van der Waals surface area (Å²) in [4.78, 5) is 45.0. The molecule has 0 aliphatic rings. The number of nitrogens with one attached hydrogen (secondary N) is 3. The van der Waals surface area contributed by atoms with Gasteiger partial charge in [-0.3, -0.25) is 14.4 Å². The number of halogens is 2. The molecule has 0 saturated heterocycles. The molecule has 48 heavy (non-hydrogen) atoms. The molecule has 1 unspecified atom stereocenters. The molecule has 8 nitrogen and oxygen atoms in total. The van der Waals surface area contributed by atoms with Crippen LogP contribution in [0.25, 0.3) is 17.3 Å². The highest BCUT2D eigenvalue weighted by Gasteiger charge is 2.21. The van der Waals surface area contributed by atoms with Gasteiger partial charge in [0.25, 0.3) is 11.8 Å². The van der Waals surface area contributed by atoms with Crippen LogP contribution in [0.3, 0.4) is 0 Å². The number of carbonyl (C=O) groups is 3. The first kappa shape index (κ1) is 34.4. The highest BCUT2D eigenvalue weighted by Crippen LogP contribution is 2.31. The molecule has 3 N–H and O–H groups in total. The molecule has 5 rings (SSSR count). The molecule has 0 aliphatic heterocycles. The summed E-state index contributed by atoms with van der Waals surface area (Å²) in [6, 6.07) is 26.9. The minimum Gasteiger partial charge on any atom is -0.497 e. The Morgan fingerprint density at radius 2 is 1.73 bits per heavy atom. The summed E-state index contributed by atoms with van der Waals surface area (Å²) in [5.41, 5.74) is 2.11. The number of hydrogen-bond donors (Lipinski definition) is 3. The van der Waals surface area contributed by atoms with E-state index in [0.717, 1.165) is 21.9 Å². The zero-order chi connectivity index (χ0) is 34.0. The molecule has 0 spiro atoms. The number of hydrogen-bond acceptors (Lipinski definition) is 7. The Morgan fingerprint density at radius 3 is 2.44 bits per heavy atom. The third-order valence-corrected chi connectivity index (χ3v) is 9.42. The summed E-state index contributed by atoms with van der Waals surface area (Å²) < 4.78 is 19.9. The van der Waals surface area contributed by atoms with Crippen LogP contribution in [0.5, 0.6) is 5.75 Å². The predicted molar refractivity (Wildman–Crippen MR) is 191 cm³/mol. The number of aromatic nitrogens is 1. The van der Waals surface area contributed by atoms with Gasteiger partial charge in [0, 0.05) is 32.7 Å². The van der Waals surface area contributed by atoms with Crippen molar-refractivity contribution in [1.82, 2.24) is 10.3 Å². The normalized spacial score (nSPS) is 11.8. The van der Waals surface area contributed by atoms with E-state index in [2.05, 4.69) is 20.9 Å². The van der Waals surface area contributed by atoms with Crippen LogP contribution >= 0.6 is 34.7 Å². The first-order valence-corrected chi connectivity index (χ1v) is 16.9. The number of anilines is 2. The number of thioether (sulfide) groups is 1. The third-order valence-electron chi connectivity index (χ3n) is 6.97. The Bertz CT molecular complexity index is 1930. The number of nitrogens with zero attached hydrogens (tertiary/aromatic N) is 1. The van der Waals surface area contributed by atoms with Gasteiger partial charge in [0.05, 0.1) is 23.1 Å². The van der Waals surface area contributed by atoms with Crippen molar-refractivity contribution < 1.29 is 23.5 Å². The summed E-state index contributed by atoms with van der Waals surface area (Å²) in [6.07, 6.45) is 1.73. The van der Waals surface area contributed by atoms with Crippen molar-refractivity contribution in [3.8, 4) is 17.0 Å². The monoisotopic (exact) mass is 700 g/mol. The van der Waals surface area contributed by atoms with Crippen molar-refractivity contribution in [3.63, 3.8) is 0 Å². The van der Waals surface area contributed by atoms with E-state index in [1.165, 1.54) is 47.4 Å². The van der Waals surface area contributed by atoms with Gasteiger partial charge in [-0.1, -0.05) is 48.9 Å². The van der Waals surface area contributed by atoms with Crippen molar-refractivity contribution in [3.05, 3.63) is 130 Å². The van der Waals surface area contributed by atoms with E-state index >= 15 is 0 Å². The summed E-state index contributed by atoms with van der Waals surface area (Å²) in [5, 5.41) is 10.3. The zero-order valence-electron chi connectivity index (χ0n) is 25.8. The van der Waals surface area contributed by atoms with Crippen molar-refractivity contribution in [1.29, 1.82) is 0 Å². The smallest absolute Gasteiger partial charge is 0.272 e. The molecule has 0 saturated carbocycles. The summed E-state index contributed by atoms with van der Waals surface area (Å²) >= 11 is 8.89. The first-order valence-electron chi connectivity index (χ1n) is 14.7. The Labute approximate surface area is 290 Å². The molecule has 0 aliphatic carbocycles. The predicted octanol–water partition coefficient (Wildman–Crippen LogP) is 8.53. The van der Waals surface area contributed by atoms with Crippen molar-refractivity contribution >= 4 is 69.3 Å². The molecule has 1 aromatic heterocycles. The lowest BCUT2D eigenvalue weighted by Crippen LogP contribution is -2.30. The number of amides is 3. The van der Waals surface area contributed by atoms with E-state index in [1.807, 2.05) is 42.6 Å². The fraction of sp³-hybridized carbons (Fsp3) is 0.111. The van der Waals surface area contributed by atoms with Crippen LogP contribution in [0.4, 0.5) is 15.2 Å². The van der Waals surface area contributed by atoms with Crippen LogP contribution < -0.4 is 20.7 Å². The number of ether oxygens (including phenoxy) is 1. The minimum atomic E-state index is -0.693. The molecule has 0 bridgehead atoms. The van der Waals surface area contributed by atoms with Gasteiger partial charge in [-0.05, 0) is 79.2 Å². The Morgan fingerprint density at radius 1 is 0.979 bits per heavy atom. The summed E-state index contributed by atoms with van der Waals surface area (Å²) in [5.74, 6) is -1.36. The second-order valence-corrected chi connectivity index (χ2v) is 12.8. The quantitative estimate of drug-likeness (QED) is 0.0889. The maximum Gasteiger partial charge on any atom is 0.272 e. The number of thiazole rings is 1. The largest absolute Gasteiger partial charge is 0.497 e. The van der Waals surface area contributed by atoms with Crippen LogP contribution in [0, 0.1) is 5.82 Å². The molecule has 1 atom stereocenters. The Kier molecular flexibility index (Phi) is 11.6. The van der Waals surface area contributed by atoms with Gasteiger partial charge in [-0.2, -0.15) is 0 Å². The van der Waals surface area contributed by atoms with Crippen LogP contribution in [0.2, 0.25) is 5.02 Å². The number of carbonyl (C=O) groups excluding carboxylic acids is 3. The standard InChI is InChI=1S/C36H30ClFN4O4S2/c1-3-32(35(45)42-36-41-31(21-47-36)22-15-17-25(46-2)18-16-22)48-26-12-7-11-24(19-26)39-34(44)30(20-27-28(37)13-8-14-29(27)38)40-33(43)23-9-5-4-6-10-23/h4-21,32H,3H2,1-2H3,(H,39,44)(H,40,43)(H,41,42,45)/b30-20+. The number of methoxy groups -OCH3 is 1. The maximum absolute atomic E-state index is 14.7. The van der Waals surface area contributed by atoms with Crippen molar-refractivity contribution in [2.24, 2.45) is 0 Å². The lowest BCUT2D eigenvalue weighted by atomic mass is 10.1. The average molecular weight is 701 g/mol. The van der Waals surface area contributed by atoms with Gasteiger partial charge in [-0.15, -0.1) is 23.1 Å². The molecular formula is C36H30ClFN4O4S2. The highest BCUT2D eigenvalue weighted by atomic mass is 35.5. The number of rotatable bonds is 12. The third kappa shape index (κ3) is 8.88. The van der Waals surface area contributed by atoms with Crippen LogP contribution in [0.15, 0.2) is 113 Å². The van der Waals surface area contributed by atoms with Crippen LogP contribution in [0.1, 0.15) is 29.3 Å². The second kappa shape index (κ2) is 16.2. The molecule has 12 heteroatoms. The van der Waals surface area contributed by atoms with E-state index in [1.54, 1.807) is 55.6 Å². The van der Waals surface area contributed by atoms with E-state index in [-0.39, 0.29) is 22.2 Å². The molecule has 244 valence electrons. The van der Waals surface area contributed by atoms with E-state index in [9.17, 15) is 18.8 Å². The SMILES string of the molecule is CCC(Sc1cccc(NC(=O)/C(=C\c2c(F)cccc2Cl)NC(=O)c2ccccc2)c1)C(=O)Nc1nc(-c2ccc(OC)cc2)cs1. The van der Waals surface area contributed by atoms with E-state index < -0.39 is 22.9 Å². The zero-order valence-corrected chi connectivity index (χ0v) is 28.2. The van der Waals surface area contributed by atoms with Gasteiger partial charge in [-0.25, -0.2) is 9.37 Å². The fourth-order valence-corrected chi connectivity index (χ4v) is 6.43. The van der Waals surface area contributed by atoms with Crippen LogP contribution in [-0.2, 0) is 9.59 Å². The number of benzene rings is 4. The molecule has 0 fully saturated rings. The molecule has 0 radical (unpaired) electrons.